The molecule has 136 valence electrons. The molecule has 0 aromatic carbocycles. The molecule has 1 fully saturated rings. The van der Waals surface area contributed by atoms with E-state index in [1.54, 1.807) is 0 Å². The first-order valence-electron chi connectivity index (χ1n) is 8.16. The molecule has 0 aromatic rings. The van der Waals surface area contributed by atoms with Crippen LogP contribution in [-0.4, -0.2) is 74.8 Å². The van der Waals surface area contributed by atoms with E-state index in [4.69, 9.17) is 9.84 Å². The van der Waals surface area contributed by atoms with Gasteiger partial charge in [-0.05, 0) is 6.42 Å². The average Bonchev–Trinajstić information content (AvgIpc) is 2.52. The summed E-state index contributed by atoms with van der Waals surface area (Å²) >= 11 is 0. The van der Waals surface area contributed by atoms with Crippen molar-refractivity contribution in [3.63, 3.8) is 0 Å². The Hall–Kier alpha value is -0.770. The monoisotopic (exact) mass is 335 g/mol. The van der Waals surface area contributed by atoms with Crippen molar-refractivity contribution in [2.75, 3.05) is 13.2 Å². The molecule has 0 aliphatic carbocycles. The summed E-state index contributed by atoms with van der Waals surface area (Å²) in [5, 5.41) is 51.4. The highest BCUT2D eigenvalue weighted by atomic mass is 16.6. The van der Waals surface area contributed by atoms with Crippen molar-refractivity contribution in [1.29, 1.82) is 0 Å². The van der Waals surface area contributed by atoms with Crippen molar-refractivity contribution >= 4 is 5.91 Å². The highest BCUT2D eigenvalue weighted by Gasteiger charge is 2.55. The minimum absolute atomic E-state index is 0.438. The van der Waals surface area contributed by atoms with Crippen molar-refractivity contribution in [3.05, 3.63) is 0 Å². The highest BCUT2D eigenvalue weighted by Crippen LogP contribution is 2.31. The van der Waals surface area contributed by atoms with E-state index in [1.807, 2.05) is 0 Å². The van der Waals surface area contributed by atoms with Gasteiger partial charge in [-0.15, -0.1) is 0 Å². The Balaban J connectivity index is 2.45. The lowest BCUT2D eigenvalue weighted by molar-refractivity contribution is -0.328. The lowest BCUT2D eigenvalue weighted by atomic mass is 9.83. The fourth-order valence-corrected chi connectivity index (χ4v) is 2.63. The highest BCUT2D eigenvalue weighted by molar-refractivity contribution is 5.77. The molecule has 8 nitrogen and oxygen atoms in total. The minimum atomic E-state index is -2.32. The van der Waals surface area contributed by atoms with Gasteiger partial charge in [-0.1, -0.05) is 32.6 Å². The third-order valence-electron chi connectivity index (χ3n) is 4.17. The van der Waals surface area contributed by atoms with Crippen LogP contribution < -0.4 is 5.32 Å². The van der Waals surface area contributed by atoms with E-state index in [2.05, 4.69) is 12.2 Å². The molecule has 0 radical (unpaired) electrons. The standard InChI is InChI=1S/C15H29NO7/c1-2-3-4-5-6-7-16-11(18)8-15(22)13(20)12(19)10(9-17)23-14(15)21/h10,12-14,17,19-22H,2-9H2,1H3,(H,16,18)/t10-,12-,13+,14+,15-/m1/s1. The molecular weight excluding hydrogens is 306 g/mol. The number of aliphatic hydroxyl groups excluding tert-OH is 4. The molecule has 6 N–H and O–H groups in total. The number of ether oxygens (including phenoxy) is 1. The van der Waals surface area contributed by atoms with Crippen LogP contribution in [0.3, 0.4) is 0 Å². The second kappa shape index (κ2) is 9.51. The number of amides is 1. The summed E-state index contributed by atoms with van der Waals surface area (Å²) in [5.41, 5.74) is -2.32. The molecule has 1 amide bonds. The molecule has 0 unspecified atom stereocenters. The third-order valence-corrected chi connectivity index (χ3v) is 4.17. The van der Waals surface area contributed by atoms with Crippen LogP contribution in [0.25, 0.3) is 0 Å². The van der Waals surface area contributed by atoms with Gasteiger partial charge < -0.3 is 35.6 Å². The van der Waals surface area contributed by atoms with Gasteiger partial charge in [-0.2, -0.15) is 0 Å². The van der Waals surface area contributed by atoms with Gasteiger partial charge in [0.1, 0.15) is 18.3 Å². The van der Waals surface area contributed by atoms with Crippen molar-refractivity contribution in [2.24, 2.45) is 0 Å². The first-order valence-corrected chi connectivity index (χ1v) is 8.16. The zero-order valence-electron chi connectivity index (χ0n) is 13.5. The van der Waals surface area contributed by atoms with Crippen molar-refractivity contribution in [2.45, 2.75) is 75.7 Å². The molecular formula is C15H29NO7. The van der Waals surface area contributed by atoms with Crippen LogP contribution in [-0.2, 0) is 9.53 Å². The molecule has 0 aromatic heterocycles. The molecule has 5 atom stereocenters. The number of hydrogen-bond acceptors (Lipinski definition) is 7. The fraction of sp³-hybridized carbons (Fsp3) is 0.933. The van der Waals surface area contributed by atoms with E-state index >= 15 is 0 Å². The first-order chi connectivity index (χ1) is 10.9. The van der Waals surface area contributed by atoms with Gasteiger partial charge in [0, 0.05) is 6.54 Å². The molecule has 0 saturated carbocycles. The molecule has 1 aliphatic rings. The van der Waals surface area contributed by atoms with Crippen LogP contribution in [0.2, 0.25) is 0 Å². The summed E-state index contributed by atoms with van der Waals surface area (Å²) in [7, 11) is 0. The topological polar surface area (TPSA) is 139 Å². The number of nitrogens with one attached hydrogen (secondary N) is 1. The molecule has 1 rings (SSSR count). The lowest BCUT2D eigenvalue weighted by Crippen LogP contribution is -2.67. The summed E-state index contributed by atoms with van der Waals surface area (Å²) in [6, 6.07) is 0. The Morgan fingerprint density at radius 2 is 1.83 bits per heavy atom. The summed E-state index contributed by atoms with van der Waals surface area (Å²) in [5.74, 6) is -0.556. The summed E-state index contributed by atoms with van der Waals surface area (Å²) in [4.78, 5) is 11.9. The van der Waals surface area contributed by atoms with Gasteiger partial charge in [0.15, 0.2) is 11.9 Å². The average molecular weight is 335 g/mol. The van der Waals surface area contributed by atoms with Crippen molar-refractivity contribution in [3.8, 4) is 0 Å². The van der Waals surface area contributed by atoms with Crippen LogP contribution >= 0.6 is 0 Å². The quantitative estimate of drug-likeness (QED) is 0.286. The Kier molecular flexibility index (Phi) is 8.38. The molecule has 8 heteroatoms. The zero-order chi connectivity index (χ0) is 17.5. The number of carbonyl (C=O) groups excluding carboxylic acids is 1. The minimum Gasteiger partial charge on any atom is -0.394 e. The second-order valence-corrected chi connectivity index (χ2v) is 6.08. The van der Waals surface area contributed by atoms with Gasteiger partial charge in [0.25, 0.3) is 0 Å². The first kappa shape index (κ1) is 20.3. The Bertz CT molecular complexity index is 368. The molecule has 23 heavy (non-hydrogen) atoms. The predicted octanol–water partition coefficient (Wildman–Crippen LogP) is -1.37. The van der Waals surface area contributed by atoms with E-state index in [-0.39, 0.29) is 0 Å². The number of carbonyl (C=O) groups is 1. The fourth-order valence-electron chi connectivity index (χ4n) is 2.63. The number of rotatable bonds is 9. The summed E-state index contributed by atoms with van der Waals surface area (Å²) in [6.07, 6.45) is -1.95. The van der Waals surface area contributed by atoms with Gasteiger partial charge in [-0.3, -0.25) is 4.79 Å². The number of unbranched alkanes of at least 4 members (excludes halogenated alkanes) is 4. The molecule has 0 spiro atoms. The maximum Gasteiger partial charge on any atom is 0.223 e. The maximum atomic E-state index is 11.9. The van der Waals surface area contributed by atoms with Gasteiger partial charge in [0.05, 0.1) is 13.0 Å². The smallest absolute Gasteiger partial charge is 0.223 e. The van der Waals surface area contributed by atoms with E-state index in [0.29, 0.717) is 6.54 Å². The Labute approximate surface area is 136 Å². The predicted molar refractivity (Wildman–Crippen MR) is 81.3 cm³/mol. The van der Waals surface area contributed by atoms with Crippen LogP contribution in [0, 0.1) is 0 Å². The van der Waals surface area contributed by atoms with Gasteiger partial charge >= 0.3 is 0 Å². The van der Waals surface area contributed by atoms with Crippen LogP contribution in [0.1, 0.15) is 45.4 Å². The van der Waals surface area contributed by atoms with Crippen LogP contribution in [0.5, 0.6) is 0 Å². The Morgan fingerprint density at radius 3 is 2.43 bits per heavy atom. The van der Waals surface area contributed by atoms with Crippen molar-refractivity contribution < 1.29 is 35.1 Å². The van der Waals surface area contributed by atoms with Crippen LogP contribution in [0.4, 0.5) is 0 Å². The normalized spacial score (nSPS) is 34.3. The van der Waals surface area contributed by atoms with Gasteiger partial charge in [-0.25, -0.2) is 0 Å². The molecule has 1 aliphatic heterocycles. The second-order valence-electron chi connectivity index (χ2n) is 6.08. The maximum absolute atomic E-state index is 11.9. The summed E-state index contributed by atoms with van der Waals surface area (Å²) < 4.78 is 4.87. The van der Waals surface area contributed by atoms with E-state index in [0.717, 1.165) is 32.1 Å². The third kappa shape index (κ3) is 5.37. The zero-order valence-corrected chi connectivity index (χ0v) is 13.5. The molecule has 0 bridgehead atoms. The number of aliphatic hydroxyl groups is 5. The Morgan fingerprint density at radius 1 is 1.17 bits per heavy atom. The van der Waals surface area contributed by atoms with Crippen LogP contribution in [0.15, 0.2) is 0 Å². The SMILES string of the molecule is CCCCCCCNC(=O)C[C@]1(O)[C@@H](O)O[C@H](CO)[C@@H](O)[C@@H]1O. The van der Waals surface area contributed by atoms with E-state index in [9.17, 15) is 25.2 Å². The van der Waals surface area contributed by atoms with Crippen molar-refractivity contribution in [1.82, 2.24) is 5.32 Å². The van der Waals surface area contributed by atoms with E-state index in [1.165, 1.54) is 0 Å². The largest absolute Gasteiger partial charge is 0.394 e. The lowest BCUT2D eigenvalue weighted by Gasteiger charge is -2.45. The number of hydrogen-bond donors (Lipinski definition) is 6. The van der Waals surface area contributed by atoms with E-state index < -0.39 is 49.1 Å². The molecule has 1 saturated heterocycles. The molecule has 1 heterocycles. The van der Waals surface area contributed by atoms with Gasteiger partial charge in [0.2, 0.25) is 5.91 Å². The summed E-state index contributed by atoms with van der Waals surface area (Å²) in [6.45, 7) is 1.92.